The molecule has 21 heavy (non-hydrogen) atoms. The van der Waals surface area contributed by atoms with Crippen molar-refractivity contribution < 1.29 is 4.79 Å². The van der Waals surface area contributed by atoms with Gasteiger partial charge >= 0.3 is 4.87 Å². The maximum absolute atomic E-state index is 12.4. The van der Waals surface area contributed by atoms with Gasteiger partial charge in [-0.15, -0.1) is 0 Å². The van der Waals surface area contributed by atoms with Crippen LogP contribution in [0.15, 0.2) is 10.9 Å². The standard InChI is InChI=1S/C13H15ClN4O2S/c1-17-2-4-18(5-3-17)10(19)7-8-6-9(14)15-12-11(8)16-13(20)21-12/h6H,2-5,7H2,1H3,(H,16,20). The molecule has 3 heterocycles. The lowest BCUT2D eigenvalue weighted by Gasteiger charge is -2.32. The van der Waals surface area contributed by atoms with E-state index in [0.29, 0.717) is 15.5 Å². The third-order valence-electron chi connectivity index (χ3n) is 3.65. The number of pyridine rings is 1. The second-order valence-corrected chi connectivity index (χ2v) is 6.51. The van der Waals surface area contributed by atoms with Crippen LogP contribution in [0.25, 0.3) is 10.3 Å². The van der Waals surface area contributed by atoms with Crippen molar-refractivity contribution in [2.75, 3.05) is 33.2 Å². The average Bonchev–Trinajstić information content (AvgIpc) is 2.79. The van der Waals surface area contributed by atoms with Gasteiger partial charge in [-0.2, -0.15) is 0 Å². The van der Waals surface area contributed by atoms with Gasteiger partial charge in [-0.3, -0.25) is 9.59 Å². The number of aromatic nitrogens is 2. The molecular weight excluding hydrogens is 312 g/mol. The molecule has 3 rings (SSSR count). The number of halogens is 1. The van der Waals surface area contributed by atoms with Gasteiger partial charge in [0.05, 0.1) is 11.9 Å². The predicted molar refractivity (Wildman–Crippen MR) is 83.0 cm³/mol. The quantitative estimate of drug-likeness (QED) is 0.834. The van der Waals surface area contributed by atoms with Gasteiger partial charge in [-0.1, -0.05) is 22.9 Å². The molecule has 0 aliphatic carbocycles. The smallest absolute Gasteiger partial charge is 0.307 e. The van der Waals surface area contributed by atoms with Crippen LogP contribution in [-0.4, -0.2) is 58.9 Å². The van der Waals surface area contributed by atoms with Crippen LogP contribution in [0.4, 0.5) is 0 Å². The molecule has 1 saturated heterocycles. The molecule has 2 aromatic rings. The van der Waals surface area contributed by atoms with Crippen molar-refractivity contribution in [3.63, 3.8) is 0 Å². The Bertz CT molecular complexity index is 733. The highest BCUT2D eigenvalue weighted by Gasteiger charge is 2.20. The molecule has 1 fully saturated rings. The van der Waals surface area contributed by atoms with E-state index in [1.54, 1.807) is 6.07 Å². The number of likely N-dealkylation sites (N-methyl/N-ethyl adjacent to an activating group) is 1. The lowest BCUT2D eigenvalue weighted by Crippen LogP contribution is -2.47. The van der Waals surface area contributed by atoms with Gasteiger partial charge < -0.3 is 14.8 Å². The summed E-state index contributed by atoms with van der Waals surface area (Å²) in [6, 6.07) is 1.65. The molecule has 1 amide bonds. The molecule has 0 bridgehead atoms. The minimum absolute atomic E-state index is 0.0544. The van der Waals surface area contributed by atoms with Crippen LogP contribution >= 0.6 is 22.9 Å². The highest BCUT2D eigenvalue weighted by molar-refractivity contribution is 7.15. The molecule has 0 spiro atoms. The van der Waals surface area contributed by atoms with Crippen LogP contribution in [0.3, 0.4) is 0 Å². The molecule has 0 unspecified atom stereocenters. The second-order valence-electron chi connectivity index (χ2n) is 5.16. The maximum atomic E-state index is 12.4. The number of carbonyl (C=O) groups is 1. The summed E-state index contributed by atoms with van der Waals surface area (Å²) in [4.78, 5) is 35.1. The van der Waals surface area contributed by atoms with Crippen molar-refractivity contribution in [2.24, 2.45) is 0 Å². The Balaban J connectivity index is 1.84. The second kappa shape index (κ2) is 5.75. The van der Waals surface area contributed by atoms with E-state index in [1.807, 2.05) is 11.9 Å². The number of hydrogen-bond donors (Lipinski definition) is 1. The first kappa shape index (κ1) is 14.5. The zero-order chi connectivity index (χ0) is 15.0. The summed E-state index contributed by atoms with van der Waals surface area (Å²) in [5.41, 5.74) is 1.35. The van der Waals surface area contributed by atoms with Crippen molar-refractivity contribution in [3.8, 4) is 0 Å². The Morgan fingerprint density at radius 3 is 2.86 bits per heavy atom. The van der Waals surface area contributed by atoms with E-state index in [9.17, 15) is 9.59 Å². The number of rotatable bonds is 2. The van der Waals surface area contributed by atoms with Crippen molar-refractivity contribution in [1.29, 1.82) is 0 Å². The summed E-state index contributed by atoms with van der Waals surface area (Å²) in [6.45, 7) is 3.23. The molecule has 1 aliphatic heterocycles. The van der Waals surface area contributed by atoms with Gasteiger partial charge in [0.15, 0.2) is 0 Å². The summed E-state index contributed by atoms with van der Waals surface area (Å²) in [5, 5.41) is 0.305. The molecular formula is C13H15ClN4O2S. The molecule has 0 saturated carbocycles. The number of carbonyl (C=O) groups excluding carboxylic acids is 1. The topological polar surface area (TPSA) is 69.3 Å². The molecule has 0 radical (unpaired) electrons. The molecule has 0 atom stereocenters. The number of aromatic amines is 1. The van der Waals surface area contributed by atoms with Crippen molar-refractivity contribution >= 4 is 39.2 Å². The number of piperazine rings is 1. The zero-order valence-electron chi connectivity index (χ0n) is 11.6. The summed E-state index contributed by atoms with van der Waals surface area (Å²) < 4.78 is 0. The van der Waals surface area contributed by atoms with Crippen molar-refractivity contribution in [2.45, 2.75) is 6.42 Å². The number of fused-ring (bicyclic) bond motifs is 1. The molecule has 2 aromatic heterocycles. The Labute approximate surface area is 130 Å². The highest BCUT2D eigenvalue weighted by atomic mass is 35.5. The zero-order valence-corrected chi connectivity index (χ0v) is 13.1. The van der Waals surface area contributed by atoms with Gasteiger partial charge in [0.1, 0.15) is 9.98 Å². The molecule has 0 aromatic carbocycles. The first-order chi connectivity index (χ1) is 10.0. The summed E-state index contributed by atoms with van der Waals surface area (Å²) in [5.74, 6) is 0.0544. The number of amides is 1. The average molecular weight is 327 g/mol. The fraction of sp³-hybridized carbons (Fsp3) is 0.462. The molecule has 112 valence electrons. The van der Waals surface area contributed by atoms with Crippen LogP contribution in [0.2, 0.25) is 5.15 Å². The van der Waals surface area contributed by atoms with E-state index >= 15 is 0 Å². The number of H-pyrrole nitrogens is 1. The van der Waals surface area contributed by atoms with Crippen molar-refractivity contribution in [1.82, 2.24) is 19.8 Å². The van der Waals surface area contributed by atoms with E-state index in [1.165, 1.54) is 0 Å². The fourth-order valence-corrected chi connectivity index (χ4v) is 3.45. The third kappa shape index (κ3) is 3.09. The van der Waals surface area contributed by atoms with Gasteiger partial charge in [-0.05, 0) is 18.7 Å². The number of thiazole rings is 1. The van der Waals surface area contributed by atoms with Crippen LogP contribution < -0.4 is 4.87 Å². The lowest BCUT2D eigenvalue weighted by molar-refractivity contribution is -0.132. The normalized spacial score (nSPS) is 16.6. The van der Waals surface area contributed by atoms with Gasteiger partial charge in [0.2, 0.25) is 5.91 Å². The minimum atomic E-state index is -0.187. The van der Waals surface area contributed by atoms with E-state index in [-0.39, 0.29) is 17.2 Å². The monoisotopic (exact) mass is 326 g/mol. The molecule has 8 heteroatoms. The summed E-state index contributed by atoms with van der Waals surface area (Å²) in [7, 11) is 2.05. The number of hydrogen-bond acceptors (Lipinski definition) is 5. The van der Waals surface area contributed by atoms with E-state index in [2.05, 4.69) is 14.9 Å². The van der Waals surface area contributed by atoms with Crippen LogP contribution in [0.1, 0.15) is 5.56 Å². The minimum Gasteiger partial charge on any atom is -0.340 e. The number of nitrogens with one attached hydrogen (secondary N) is 1. The van der Waals surface area contributed by atoms with E-state index in [0.717, 1.165) is 43.1 Å². The summed E-state index contributed by atoms with van der Waals surface area (Å²) in [6.07, 6.45) is 0.231. The van der Waals surface area contributed by atoms with Crippen molar-refractivity contribution in [3.05, 3.63) is 26.5 Å². The van der Waals surface area contributed by atoms with Crippen LogP contribution in [-0.2, 0) is 11.2 Å². The SMILES string of the molecule is CN1CCN(C(=O)Cc2cc(Cl)nc3sc(=O)[nH]c23)CC1. The number of nitrogens with zero attached hydrogens (tertiary/aromatic N) is 3. The Morgan fingerprint density at radius 2 is 2.14 bits per heavy atom. The third-order valence-corrected chi connectivity index (χ3v) is 4.62. The summed E-state index contributed by atoms with van der Waals surface area (Å²) >= 11 is 6.97. The Kier molecular flexibility index (Phi) is 3.97. The van der Waals surface area contributed by atoms with E-state index in [4.69, 9.17) is 11.6 Å². The van der Waals surface area contributed by atoms with Gasteiger partial charge in [0, 0.05) is 26.2 Å². The molecule has 6 nitrogen and oxygen atoms in total. The van der Waals surface area contributed by atoms with E-state index < -0.39 is 0 Å². The van der Waals surface area contributed by atoms with Crippen LogP contribution in [0, 0.1) is 0 Å². The Hall–Kier alpha value is -1.44. The lowest BCUT2D eigenvalue weighted by atomic mass is 10.1. The first-order valence-electron chi connectivity index (χ1n) is 6.67. The predicted octanol–water partition coefficient (Wildman–Crippen LogP) is 0.954. The van der Waals surface area contributed by atoms with Crippen LogP contribution in [0.5, 0.6) is 0 Å². The highest BCUT2D eigenvalue weighted by Crippen LogP contribution is 2.21. The molecule has 1 N–H and O–H groups in total. The maximum Gasteiger partial charge on any atom is 0.307 e. The first-order valence-corrected chi connectivity index (χ1v) is 7.87. The van der Waals surface area contributed by atoms with Gasteiger partial charge in [-0.25, -0.2) is 4.98 Å². The Morgan fingerprint density at radius 1 is 1.43 bits per heavy atom. The molecule has 1 aliphatic rings. The largest absolute Gasteiger partial charge is 0.340 e. The fourth-order valence-electron chi connectivity index (χ4n) is 2.43. The van der Waals surface area contributed by atoms with Gasteiger partial charge in [0.25, 0.3) is 0 Å².